The standard InChI is InChI=1S/C24H25N2O.C19H26NSi.Ir/c1-14(2)16(5)17-11-12-25-22(13-17)20-8-6-7-18-19-9-10-21(15(3)4)26-24(19)27-23(18)20;1-19(2,3)13-16-12-17(15-10-8-7-9-11-15)20-14-18(16)21(4,5)6;/h6-7,9-16H,1-5H3;7-10,12,14H,13H2,1-6H3;/q2*-1;. The number of furan rings is 1. The molecule has 0 aliphatic heterocycles. The zero-order valence-electron chi connectivity index (χ0n) is 31.0. The van der Waals surface area contributed by atoms with Gasteiger partial charge in [0.2, 0.25) is 5.71 Å². The maximum absolute atomic E-state index is 6.19. The van der Waals surface area contributed by atoms with Crippen LogP contribution in [0.1, 0.15) is 84.0 Å². The van der Waals surface area contributed by atoms with Crippen molar-refractivity contribution in [3.63, 3.8) is 0 Å². The predicted octanol–water partition coefficient (Wildman–Crippen LogP) is 11.4. The number of nitrogens with zero attached hydrogens (tertiary/aromatic N) is 3. The van der Waals surface area contributed by atoms with Crippen LogP contribution in [0.2, 0.25) is 19.6 Å². The molecule has 6 heteroatoms. The van der Waals surface area contributed by atoms with Crippen molar-refractivity contribution < 1.29 is 24.5 Å². The van der Waals surface area contributed by atoms with Crippen LogP contribution in [0.4, 0.5) is 0 Å². The minimum absolute atomic E-state index is 0. The number of hydrogen-bond acceptors (Lipinski definition) is 4. The second kappa shape index (κ2) is 15.6. The topological polar surface area (TPSA) is 51.8 Å². The number of fused-ring (bicyclic) bond motifs is 3. The molecule has 1 radical (unpaired) electrons. The number of benzene rings is 2. The molecule has 0 spiro atoms. The smallest absolute Gasteiger partial charge is 0.216 e. The zero-order chi connectivity index (χ0) is 34.8. The van der Waals surface area contributed by atoms with E-state index in [4.69, 9.17) is 14.4 Å². The number of aromatic nitrogens is 3. The van der Waals surface area contributed by atoms with E-state index in [1.165, 1.54) is 16.3 Å². The Bertz CT molecular complexity index is 2000. The van der Waals surface area contributed by atoms with Crippen molar-refractivity contribution in [2.24, 2.45) is 11.3 Å². The second-order valence-corrected chi connectivity index (χ2v) is 21.0. The second-order valence-electron chi connectivity index (χ2n) is 15.9. The maximum Gasteiger partial charge on any atom is 0.216 e. The largest absolute Gasteiger partial charge is 0.486 e. The molecular weight excluding hydrogens is 795 g/mol. The van der Waals surface area contributed by atoms with Gasteiger partial charge < -0.3 is 14.4 Å². The fraction of sp³-hybridized carbons (Fsp3) is 0.372. The molecule has 4 nitrogen and oxygen atoms in total. The summed E-state index contributed by atoms with van der Waals surface area (Å²) in [5.41, 5.74) is 9.48. The SMILES string of the molecule is CC(C)(C)Cc1cc(-c2[c-]cccc2)ncc1[Si](C)(C)C.CC(C)c1ccc2c(n1)oc1c(-c3cc(C(C)C(C)C)ccn3)[c-]ccc12.[Ir]. The summed E-state index contributed by atoms with van der Waals surface area (Å²) in [5.74, 6) is 1.41. The maximum atomic E-state index is 6.19. The molecule has 4 aromatic heterocycles. The van der Waals surface area contributed by atoms with E-state index in [1.54, 1.807) is 0 Å². The molecule has 0 saturated heterocycles. The van der Waals surface area contributed by atoms with Gasteiger partial charge in [0.1, 0.15) is 0 Å². The van der Waals surface area contributed by atoms with E-state index in [1.807, 2.05) is 36.5 Å². The van der Waals surface area contributed by atoms with Gasteiger partial charge in [0, 0.05) is 43.6 Å². The van der Waals surface area contributed by atoms with Gasteiger partial charge in [0.15, 0.2) is 0 Å². The molecule has 0 amide bonds. The Labute approximate surface area is 308 Å². The van der Waals surface area contributed by atoms with E-state index in [9.17, 15) is 0 Å². The van der Waals surface area contributed by atoms with Gasteiger partial charge in [-0.25, -0.2) is 4.98 Å². The van der Waals surface area contributed by atoms with Crippen LogP contribution in [0.25, 0.3) is 44.6 Å². The first-order chi connectivity index (χ1) is 22.6. The molecule has 6 aromatic rings. The van der Waals surface area contributed by atoms with Crippen LogP contribution >= 0.6 is 0 Å². The number of hydrogen-bond donors (Lipinski definition) is 0. The molecular formula is C43H51IrN3OSi-2. The van der Waals surface area contributed by atoms with Crippen LogP contribution in [-0.4, -0.2) is 23.0 Å². The van der Waals surface area contributed by atoms with Gasteiger partial charge in [-0.1, -0.05) is 109 Å². The third kappa shape index (κ3) is 9.22. The van der Waals surface area contributed by atoms with Crippen molar-refractivity contribution in [3.05, 3.63) is 108 Å². The summed E-state index contributed by atoms with van der Waals surface area (Å²) < 4.78 is 6.19. The Morgan fingerprint density at radius 1 is 0.816 bits per heavy atom. The van der Waals surface area contributed by atoms with Gasteiger partial charge in [-0.2, -0.15) is 0 Å². The number of pyridine rings is 3. The summed E-state index contributed by atoms with van der Waals surface area (Å²) in [6.45, 7) is 25.1. The zero-order valence-corrected chi connectivity index (χ0v) is 34.4. The van der Waals surface area contributed by atoms with Crippen molar-refractivity contribution in [2.45, 2.75) is 93.3 Å². The van der Waals surface area contributed by atoms with E-state index in [2.05, 4.69) is 135 Å². The fourth-order valence-corrected chi connectivity index (χ4v) is 7.57. The van der Waals surface area contributed by atoms with E-state index in [0.717, 1.165) is 51.0 Å². The first-order valence-electron chi connectivity index (χ1n) is 17.3. The van der Waals surface area contributed by atoms with Gasteiger partial charge in [-0.05, 0) is 64.4 Å². The van der Waals surface area contributed by atoms with Crippen LogP contribution in [0, 0.1) is 23.5 Å². The van der Waals surface area contributed by atoms with Gasteiger partial charge >= 0.3 is 0 Å². The molecule has 259 valence electrons. The Kier molecular flexibility index (Phi) is 12.2. The quantitative estimate of drug-likeness (QED) is 0.119. The Balaban J connectivity index is 0.000000224. The first kappa shape index (κ1) is 38.4. The minimum Gasteiger partial charge on any atom is -0.486 e. The fourth-order valence-electron chi connectivity index (χ4n) is 5.99. The molecule has 1 atom stereocenters. The van der Waals surface area contributed by atoms with Gasteiger partial charge in [0.05, 0.1) is 13.7 Å². The summed E-state index contributed by atoms with van der Waals surface area (Å²) in [7, 11) is -1.37. The van der Waals surface area contributed by atoms with Crippen LogP contribution in [-0.2, 0) is 26.5 Å². The number of rotatable bonds is 7. The predicted molar refractivity (Wildman–Crippen MR) is 206 cm³/mol. The molecule has 0 fully saturated rings. The molecule has 1 unspecified atom stereocenters. The van der Waals surface area contributed by atoms with Crippen molar-refractivity contribution in [3.8, 4) is 22.5 Å². The summed E-state index contributed by atoms with van der Waals surface area (Å²) in [5, 5.41) is 3.58. The molecule has 0 bridgehead atoms. The van der Waals surface area contributed by atoms with E-state index >= 15 is 0 Å². The van der Waals surface area contributed by atoms with E-state index < -0.39 is 8.07 Å². The van der Waals surface area contributed by atoms with Gasteiger partial charge in [-0.15, -0.1) is 54.1 Å². The summed E-state index contributed by atoms with van der Waals surface area (Å²) in [6.07, 6.45) is 5.09. The molecule has 49 heavy (non-hydrogen) atoms. The molecule has 0 aliphatic carbocycles. The molecule has 2 aromatic carbocycles. The van der Waals surface area contributed by atoms with Gasteiger partial charge in [-0.3, -0.25) is 0 Å². The molecule has 4 heterocycles. The first-order valence-corrected chi connectivity index (χ1v) is 20.8. The average Bonchev–Trinajstić information content (AvgIpc) is 3.42. The van der Waals surface area contributed by atoms with Crippen molar-refractivity contribution in [1.82, 2.24) is 15.0 Å². The average molecular weight is 846 g/mol. The van der Waals surface area contributed by atoms with Gasteiger partial charge in [0.25, 0.3) is 0 Å². The summed E-state index contributed by atoms with van der Waals surface area (Å²) in [4.78, 5) is 14.0. The Morgan fingerprint density at radius 2 is 1.57 bits per heavy atom. The Morgan fingerprint density at radius 3 is 2.20 bits per heavy atom. The molecule has 0 aliphatic rings. The van der Waals surface area contributed by atoms with Crippen LogP contribution in [0.3, 0.4) is 0 Å². The van der Waals surface area contributed by atoms with Crippen LogP contribution in [0.15, 0.2) is 83.5 Å². The third-order valence-electron chi connectivity index (χ3n) is 8.98. The van der Waals surface area contributed by atoms with Crippen LogP contribution in [0.5, 0.6) is 0 Å². The van der Waals surface area contributed by atoms with Crippen molar-refractivity contribution in [2.75, 3.05) is 0 Å². The summed E-state index contributed by atoms with van der Waals surface area (Å²) in [6, 6.07) is 29.4. The Hall–Kier alpha value is -3.44. The normalized spacial score (nSPS) is 12.6. The third-order valence-corrected chi connectivity index (χ3v) is 11.0. The van der Waals surface area contributed by atoms with E-state index in [-0.39, 0.29) is 25.5 Å². The summed E-state index contributed by atoms with van der Waals surface area (Å²) >= 11 is 0. The van der Waals surface area contributed by atoms with Crippen molar-refractivity contribution in [1.29, 1.82) is 0 Å². The van der Waals surface area contributed by atoms with E-state index in [0.29, 0.717) is 23.5 Å². The van der Waals surface area contributed by atoms with Crippen molar-refractivity contribution >= 4 is 35.3 Å². The molecule has 0 N–H and O–H groups in total. The monoisotopic (exact) mass is 846 g/mol. The minimum atomic E-state index is -1.37. The van der Waals surface area contributed by atoms with Crippen LogP contribution < -0.4 is 5.19 Å². The molecule has 6 rings (SSSR count). The molecule has 0 saturated carbocycles.